The maximum atomic E-state index is 9.77. The third kappa shape index (κ3) is 3.89. The number of phenolic OH excluding ortho intramolecular Hbond substituents is 1. The van der Waals surface area contributed by atoms with Crippen LogP contribution in [0, 0.1) is 0 Å². The zero-order chi connectivity index (χ0) is 14.4. The molecule has 0 atom stereocenters. The van der Waals surface area contributed by atoms with E-state index in [9.17, 15) is 5.11 Å². The summed E-state index contributed by atoms with van der Waals surface area (Å²) in [6.45, 7) is 6.78. The van der Waals surface area contributed by atoms with Crippen molar-refractivity contribution < 1.29 is 9.84 Å². The molecule has 1 N–H and O–H groups in total. The van der Waals surface area contributed by atoms with E-state index in [0.29, 0.717) is 12.4 Å². The first-order valence-electron chi connectivity index (χ1n) is 7.93. The average Bonchev–Trinajstić information content (AvgIpc) is 2.49. The van der Waals surface area contributed by atoms with Crippen LogP contribution >= 0.6 is 0 Å². The van der Waals surface area contributed by atoms with E-state index in [2.05, 4.69) is 11.8 Å². The van der Waals surface area contributed by atoms with Crippen LogP contribution in [0.5, 0.6) is 11.5 Å². The summed E-state index contributed by atoms with van der Waals surface area (Å²) in [5, 5.41) is 9.77. The van der Waals surface area contributed by atoms with Gasteiger partial charge in [0.1, 0.15) is 0 Å². The maximum Gasteiger partial charge on any atom is 0.161 e. The molecule has 0 amide bonds. The van der Waals surface area contributed by atoms with Crippen LogP contribution < -0.4 is 4.74 Å². The van der Waals surface area contributed by atoms with Crippen LogP contribution in [-0.4, -0.2) is 29.2 Å². The Bertz CT molecular complexity index is 413. The summed E-state index contributed by atoms with van der Waals surface area (Å²) in [6, 6.07) is 6.45. The van der Waals surface area contributed by atoms with Gasteiger partial charge in [-0.15, -0.1) is 0 Å². The Labute approximate surface area is 122 Å². The van der Waals surface area contributed by atoms with E-state index < -0.39 is 0 Å². The second-order valence-electron chi connectivity index (χ2n) is 5.59. The molecule has 1 aromatic rings. The Hall–Kier alpha value is -1.22. The standard InChI is InChI=1S/C17H27NO2/c1-3-18(15-8-6-5-7-9-15)13-14-10-11-16(19)17(12-14)20-4-2/h10-12,15,19H,3-9,13H2,1-2H3. The van der Waals surface area contributed by atoms with E-state index in [0.717, 1.165) is 19.1 Å². The zero-order valence-electron chi connectivity index (χ0n) is 12.8. The summed E-state index contributed by atoms with van der Waals surface area (Å²) in [7, 11) is 0. The Morgan fingerprint density at radius 1 is 1.20 bits per heavy atom. The molecule has 3 nitrogen and oxygen atoms in total. The molecule has 1 fully saturated rings. The van der Waals surface area contributed by atoms with Gasteiger partial charge in [0.15, 0.2) is 11.5 Å². The van der Waals surface area contributed by atoms with Crippen molar-refractivity contribution in [2.45, 2.75) is 58.5 Å². The van der Waals surface area contributed by atoms with Crippen LogP contribution in [0.3, 0.4) is 0 Å². The lowest BCUT2D eigenvalue weighted by Crippen LogP contribution is -2.36. The first-order chi connectivity index (χ1) is 9.74. The molecule has 112 valence electrons. The molecule has 3 heteroatoms. The molecule has 1 aromatic carbocycles. The summed E-state index contributed by atoms with van der Waals surface area (Å²) in [5.74, 6) is 0.834. The summed E-state index contributed by atoms with van der Waals surface area (Å²) in [6.07, 6.45) is 6.76. The molecule has 1 aliphatic carbocycles. The molecule has 0 radical (unpaired) electrons. The van der Waals surface area contributed by atoms with Gasteiger partial charge < -0.3 is 9.84 Å². The van der Waals surface area contributed by atoms with Gasteiger partial charge in [-0.25, -0.2) is 0 Å². The maximum absolute atomic E-state index is 9.77. The summed E-state index contributed by atoms with van der Waals surface area (Å²) < 4.78 is 5.47. The molecule has 0 bridgehead atoms. The van der Waals surface area contributed by atoms with E-state index in [4.69, 9.17) is 4.74 Å². The molecule has 0 aliphatic heterocycles. The fourth-order valence-electron chi connectivity index (χ4n) is 3.11. The van der Waals surface area contributed by atoms with Gasteiger partial charge in [0.2, 0.25) is 0 Å². The topological polar surface area (TPSA) is 32.7 Å². The lowest BCUT2D eigenvalue weighted by molar-refractivity contribution is 0.156. The second-order valence-corrected chi connectivity index (χ2v) is 5.59. The fraction of sp³-hybridized carbons (Fsp3) is 0.647. The van der Waals surface area contributed by atoms with Crippen LogP contribution in [0.2, 0.25) is 0 Å². The van der Waals surface area contributed by atoms with Crippen molar-refractivity contribution in [2.75, 3.05) is 13.2 Å². The number of ether oxygens (including phenoxy) is 1. The van der Waals surface area contributed by atoms with Gasteiger partial charge in [0.05, 0.1) is 6.61 Å². The van der Waals surface area contributed by atoms with E-state index >= 15 is 0 Å². The Morgan fingerprint density at radius 3 is 2.60 bits per heavy atom. The molecular weight excluding hydrogens is 250 g/mol. The monoisotopic (exact) mass is 277 g/mol. The van der Waals surface area contributed by atoms with Crippen molar-refractivity contribution >= 4 is 0 Å². The molecule has 1 saturated carbocycles. The van der Waals surface area contributed by atoms with Gasteiger partial charge in [0, 0.05) is 12.6 Å². The van der Waals surface area contributed by atoms with Crippen LogP contribution in [0.4, 0.5) is 0 Å². The Kier molecular flexibility index (Phi) is 5.72. The predicted molar refractivity (Wildman–Crippen MR) is 82.2 cm³/mol. The van der Waals surface area contributed by atoms with Crippen LogP contribution in [0.15, 0.2) is 18.2 Å². The zero-order valence-corrected chi connectivity index (χ0v) is 12.8. The Balaban J connectivity index is 2.04. The number of hydrogen-bond acceptors (Lipinski definition) is 3. The lowest BCUT2D eigenvalue weighted by Gasteiger charge is -2.33. The molecule has 0 spiro atoms. The van der Waals surface area contributed by atoms with Crippen molar-refractivity contribution in [3.8, 4) is 11.5 Å². The van der Waals surface area contributed by atoms with Gasteiger partial charge in [0.25, 0.3) is 0 Å². The predicted octanol–water partition coefficient (Wildman–Crippen LogP) is 3.95. The summed E-state index contributed by atoms with van der Waals surface area (Å²) in [4.78, 5) is 2.56. The van der Waals surface area contributed by atoms with Crippen molar-refractivity contribution in [1.82, 2.24) is 4.90 Å². The highest BCUT2D eigenvalue weighted by Gasteiger charge is 2.20. The van der Waals surface area contributed by atoms with Gasteiger partial charge in [-0.1, -0.05) is 32.3 Å². The second kappa shape index (κ2) is 7.53. The molecular formula is C17H27NO2. The van der Waals surface area contributed by atoms with Gasteiger partial charge >= 0.3 is 0 Å². The van der Waals surface area contributed by atoms with Gasteiger partial charge in [-0.05, 0) is 44.0 Å². The van der Waals surface area contributed by atoms with E-state index in [1.807, 2.05) is 19.1 Å². The van der Waals surface area contributed by atoms with Crippen LogP contribution in [0.1, 0.15) is 51.5 Å². The number of aromatic hydroxyl groups is 1. The van der Waals surface area contributed by atoms with Crippen molar-refractivity contribution in [2.24, 2.45) is 0 Å². The van der Waals surface area contributed by atoms with Crippen LogP contribution in [-0.2, 0) is 6.54 Å². The third-order valence-electron chi connectivity index (χ3n) is 4.21. The highest BCUT2D eigenvalue weighted by molar-refractivity contribution is 5.41. The first-order valence-corrected chi connectivity index (χ1v) is 7.93. The third-order valence-corrected chi connectivity index (χ3v) is 4.21. The molecule has 20 heavy (non-hydrogen) atoms. The quantitative estimate of drug-likeness (QED) is 0.854. The minimum Gasteiger partial charge on any atom is -0.504 e. The van der Waals surface area contributed by atoms with Crippen molar-refractivity contribution in [3.63, 3.8) is 0 Å². The van der Waals surface area contributed by atoms with Gasteiger partial charge in [-0.3, -0.25) is 4.90 Å². The van der Waals surface area contributed by atoms with E-state index in [-0.39, 0.29) is 5.75 Å². The number of hydrogen-bond donors (Lipinski definition) is 1. The van der Waals surface area contributed by atoms with Crippen LogP contribution in [0.25, 0.3) is 0 Å². The molecule has 2 rings (SSSR count). The summed E-state index contributed by atoms with van der Waals surface area (Å²) in [5.41, 5.74) is 1.22. The SMILES string of the molecule is CCOc1cc(CN(CC)C2CCCCC2)ccc1O. The average molecular weight is 277 g/mol. The minimum atomic E-state index is 0.233. The van der Waals surface area contributed by atoms with E-state index in [1.165, 1.54) is 37.7 Å². The number of rotatable bonds is 6. The molecule has 0 unspecified atom stereocenters. The molecule has 1 aliphatic rings. The molecule has 0 aromatic heterocycles. The summed E-state index contributed by atoms with van der Waals surface area (Å²) >= 11 is 0. The van der Waals surface area contributed by atoms with Gasteiger partial charge in [-0.2, -0.15) is 0 Å². The fourth-order valence-corrected chi connectivity index (χ4v) is 3.11. The number of benzene rings is 1. The first kappa shape index (κ1) is 15.2. The number of nitrogens with zero attached hydrogens (tertiary/aromatic N) is 1. The molecule has 0 heterocycles. The highest BCUT2D eigenvalue weighted by Crippen LogP contribution is 2.29. The van der Waals surface area contributed by atoms with Crippen molar-refractivity contribution in [3.05, 3.63) is 23.8 Å². The normalized spacial score (nSPS) is 16.6. The molecule has 0 saturated heterocycles. The Morgan fingerprint density at radius 2 is 1.95 bits per heavy atom. The number of phenols is 1. The van der Waals surface area contributed by atoms with Crippen molar-refractivity contribution in [1.29, 1.82) is 0 Å². The highest BCUT2D eigenvalue weighted by atomic mass is 16.5. The van der Waals surface area contributed by atoms with E-state index in [1.54, 1.807) is 6.07 Å². The largest absolute Gasteiger partial charge is 0.504 e. The lowest BCUT2D eigenvalue weighted by atomic mass is 9.94. The minimum absolute atomic E-state index is 0.233. The smallest absolute Gasteiger partial charge is 0.161 e.